The summed E-state index contributed by atoms with van der Waals surface area (Å²) < 4.78 is 5.44. The monoisotopic (exact) mass is 522 g/mol. The van der Waals surface area contributed by atoms with Crippen LogP contribution in [0.1, 0.15) is 92.9 Å². The number of ketones is 1. The highest BCUT2D eigenvalue weighted by Gasteiger charge is 2.69. The lowest BCUT2D eigenvalue weighted by Gasteiger charge is -2.60. The molecule has 0 aromatic carbocycles. The molecule has 0 aromatic heterocycles. The zero-order chi connectivity index (χ0) is 27.8. The maximum Gasteiger partial charge on any atom is 0.302 e. The van der Waals surface area contributed by atoms with Gasteiger partial charge in [0.05, 0.1) is 29.0 Å². The molecular weight excluding hydrogens is 476 g/mol. The van der Waals surface area contributed by atoms with Crippen molar-refractivity contribution < 1.29 is 39.9 Å². The first kappa shape index (κ1) is 28.7. The zero-order valence-electron chi connectivity index (χ0n) is 23.2. The van der Waals surface area contributed by atoms with Crippen LogP contribution in [0.5, 0.6) is 0 Å². The van der Waals surface area contributed by atoms with E-state index in [2.05, 4.69) is 0 Å². The lowest BCUT2D eigenvalue weighted by atomic mass is 9.45. The molecule has 0 spiro atoms. The summed E-state index contributed by atoms with van der Waals surface area (Å²) in [6, 6.07) is 0. The van der Waals surface area contributed by atoms with E-state index in [0.717, 1.165) is 0 Å². The highest BCUT2D eigenvalue weighted by Crippen LogP contribution is 2.68. The molecule has 0 radical (unpaired) electrons. The molecule has 0 heterocycles. The standard InChI is InChI=1S/C29H46O8/c1-16(30)37-22-15-26(4)17-7-11-27(5)23(28(6,35)24(33)9-10-25(2,3)34)8-12-29(27,36)18(17)13-20(31)19(26)14-21(22)32/h13,17,19,21-24,32-36H,7-12,14-15H2,1-6H3/t17-,19-,21+,22-,23-,24-,26+,27+,28+,29+/m0/s1. The van der Waals surface area contributed by atoms with Crippen LogP contribution in [0.4, 0.5) is 0 Å². The van der Waals surface area contributed by atoms with Crippen LogP contribution in [0.2, 0.25) is 0 Å². The Morgan fingerprint density at radius 1 is 1.16 bits per heavy atom. The Morgan fingerprint density at radius 3 is 2.41 bits per heavy atom. The number of rotatable bonds is 6. The third-order valence-electron chi connectivity index (χ3n) is 10.8. The smallest absolute Gasteiger partial charge is 0.302 e. The minimum atomic E-state index is -1.49. The first-order valence-electron chi connectivity index (χ1n) is 13.8. The fourth-order valence-corrected chi connectivity index (χ4v) is 8.63. The average Bonchev–Trinajstić information content (AvgIpc) is 3.05. The van der Waals surface area contributed by atoms with Crippen molar-refractivity contribution in [1.29, 1.82) is 0 Å². The number of aliphatic hydroxyl groups excluding tert-OH is 2. The first-order chi connectivity index (χ1) is 16.9. The number of hydrogen-bond donors (Lipinski definition) is 5. The molecule has 0 amide bonds. The third-order valence-corrected chi connectivity index (χ3v) is 10.8. The Balaban J connectivity index is 1.66. The van der Waals surface area contributed by atoms with Gasteiger partial charge in [0.2, 0.25) is 0 Å². The van der Waals surface area contributed by atoms with Crippen LogP contribution in [-0.4, -0.2) is 72.4 Å². The molecule has 4 aliphatic carbocycles. The van der Waals surface area contributed by atoms with E-state index in [9.17, 15) is 35.1 Å². The number of carbonyl (C=O) groups is 2. The predicted octanol–water partition coefficient (Wildman–Crippen LogP) is 2.42. The average molecular weight is 523 g/mol. The third kappa shape index (κ3) is 4.50. The van der Waals surface area contributed by atoms with Gasteiger partial charge in [-0.2, -0.15) is 0 Å². The van der Waals surface area contributed by atoms with E-state index in [1.54, 1.807) is 26.8 Å². The summed E-state index contributed by atoms with van der Waals surface area (Å²) in [6.45, 7) is 10.3. The molecule has 10 atom stereocenters. The molecule has 3 fully saturated rings. The fraction of sp³-hybridized carbons (Fsp3) is 0.862. The van der Waals surface area contributed by atoms with E-state index < -0.39 is 63.8 Å². The van der Waals surface area contributed by atoms with E-state index in [-0.39, 0.29) is 24.5 Å². The lowest BCUT2D eigenvalue weighted by Crippen LogP contribution is -2.63. The van der Waals surface area contributed by atoms with Crippen molar-refractivity contribution in [2.45, 2.75) is 128 Å². The second-order valence-electron chi connectivity index (χ2n) is 13.8. The van der Waals surface area contributed by atoms with Gasteiger partial charge < -0.3 is 30.3 Å². The zero-order valence-corrected chi connectivity index (χ0v) is 23.2. The van der Waals surface area contributed by atoms with E-state index in [1.165, 1.54) is 6.92 Å². The van der Waals surface area contributed by atoms with Crippen molar-refractivity contribution in [3.8, 4) is 0 Å². The summed E-state index contributed by atoms with van der Waals surface area (Å²) in [5, 5.41) is 55.7. The molecule has 210 valence electrons. The van der Waals surface area contributed by atoms with Crippen molar-refractivity contribution in [3.05, 3.63) is 11.6 Å². The van der Waals surface area contributed by atoms with Crippen molar-refractivity contribution in [2.75, 3.05) is 0 Å². The van der Waals surface area contributed by atoms with Crippen LogP contribution in [0.25, 0.3) is 0 Å². The number of ether oxygens (including phenoxy) is 1. The molecule has 8 heteroatoms. The molecule has 5 N–H and O–H groups in total. The molecule has 8 nitrogen and oxygen atoms in total. The Bertz CT molecular complexity index is 965. The Morgan fingerprint density at radius 2 is 1.81 bits per heavy atom. The van der Waals surface area contributed by atoms with E-state index in [1.807, 2.05) is 13.8 Å². The van der Waals surface area contributed by atoms with Crippen molar-refractivity contribution in [1.82, 2.24) is 0 Å². The molecule has 0 saturated heterocycles. The number of hydrogen-bond acceptors (Lipinski definition) is 8. The SMILES string of the molecule is CC(=O)O[C@H]1C[C@@]2(C)[C@@H](C[C@H]1O)C(=O)C=C1[C@@H]2CC[C@]2(C)[C@@H]([C@@](C)(O)[C@@H](O)CCC(C)(C)O)CC[C@@]12O. The first-order valence-corrected chi connectivity index (χ1v) is 13.8. The Kier molecular flexibility index (Phi) is 7.07. The second-order valence-corrected chi connectivity index (χ2v) is 13.8. The van der Waals surface area contributed by atoms with Crippen molar-refractivity contribution in [3.63, 3.8) is 0 Å². The second kappa shape index (κ2) is 9.12. The van der Waals surface area contributed by atoms with E-state index in [4.69, 9.17) is 4.74 Å². The van der Waals surface area contributed by atoms with Crippen LogP contribution in [0.3, 0.4) is 0 Å². The van der Waals surface area contributed by atoms with Crippen LogP contribution in [0, 0.1) is 28.6 Å². The Labute approximate surface area is 220 Å². The molecule has 4 rings (SSSR count). The maximum atomic E-state index is 13.4. The van der Waals surface area contributed by atoms with Gasteiger partial charge in [-0.25, -0.2) is 0 Å². The summed E-state index contributed by atoms with van der Waals surface area (Å²) in [4.78, 5) is 25.1. The predicted molar refractivity (Wildman–Crippen MR) is 136 cm³/mol. The molecule has 0 bridgehead atoms. The fourth-order valence-electron chi connectivity index (χ4n) is 8.63. The number of carbonyl (C=O) groups excluding carboxylic acids is 2. The van der Waals surface area contributed by atoms with E-state index in [0.29, 0.717) is 44.1 Å². The van der Waals surface area contributed by atoms with Gasteiger partial charge in [-0.15, -0.1) is 0 Å². The van der Waals surface area contributed by atoms with E-state index >= 15 is 0 Å². The number of aliphatic hydroxyl groups is 5. The van der Waals surface area contributed by atoms with Gasteiger partial charge in [-0.1, -0.05) is 13.8 Å². The van der Waals surface area contributed by atoms with Crippen molar-refractivity contribution in [2.24, 2.45) is 28.6 Å². The van der Waals surface area contributed by atoms with Gasteiger partial charge in [-0.3, -0.25) is 9.59 Å². The van der Waals surface area contributed by atoms with Gasteiger partial charge in [0.15, 0.2) is 5.78 Å². The van der Waals surface area contributed by atoms with Crippen LogP contribution in [-0.2, 0) is 14.3 Å². The van der Waals surface area contributed by atoms with Gasteiger partial charge >= 0.3 is 5.97 Å². The largest absolute Gasteiger partial charge is 0.460 e. The Hall–Kier alpha value is -1.32. The van der Waals surface area contributed by atoms with Crippen LogP contribution < -0.4 is 0 Å². The summed E-state index contributed by atoms with van der Waals surface area (Å²) in [5.74, 6) is -1.54. The summed E-state index contributed by atoms with van der Waals surface area (Å²) in [7, 11) is 0. The van der Waals surface area contributed by atoms with Gasteiger partial charge in [0.25, 0.3) is 0 Å². The number of esters is 1. The molecular formula is C29H46O8. The summed E-state index contributed by atoms with van der Waals surface area (Å²) in [6.07, 6.45) is 2.17. The molecule has 3 saturated carbocycles. The maximum absolute atomic E-state index is 13.4. The number of fused-ring (bicyclic) bond motifs is 5. The minimum Gasteiger partial charge on any atom is -0.460 e. The summed E-state index contributed by atoms with van der Waals surface area (Å²) >= 11 is 0. The van der Waals surface area contributed by atoms with Crippen LogP contribution in [0.15, 0.2) is 11.6 Å². The van der Waals surface area contributed by atoms with Gasteiger partial charge in [0, 0.05) is 18.3 Å². The molecule has 37 heavy (non-hydrogen) atoms. The molecule has 4 aliphatic rings. The highest BCUT2D eigenvalue weighted by atomic mass is 16.6. The lowest BCUT2D eigenvalue weighted by molar-refractivity contribution is -0.182. The molecule has 0 aliphatic heterocycles. The van der Waals surface area contributed by atoms with Crippen molar-refractivity contribution >= 4 is 11.8 Å². The summed E-state index contributed by atoms with van der Waals surface area (Å²) in [5.41, 5.74) is -4.43. The van der Waals surface area contributed by atoms with Gasteiger partial charge in [0.1, 0.15) is 6.10 Å². The molecule has 0 unspecified atom stereocenters. The van der Waals surface area contributed by atoms with Gasteiger partial charge in [-0.05, 0) is 101 Å². The highest BCUT2D eigenvalue weighted by molar-refractivity contribution is 5.95. The van der Waals surface area contributed by atoms with Crippen LogP contribution >= 0.6 is 0 Å². The topological polar surface area (TPSA) is 145 Å². The normalized spacial score (nSPS) is 44.1. The quantitative estimate of drug-likeness (QED) is 0.335. The molecule has 0 aromatic rings. The number of allylic oxidation sites excluding steroid dienone is 1. The minimum absolute atomic E-state index is 0.118.